The van der Waals surface area contributed by atoms with Gasteiger partial charge in [-0.15, -0.1) is 0 Å². The minimum absolute atomic E-state index is 0.161. The van der Waals surface area contributed by atoms with Gasteiger partial charge in [0.15, 0.2) is 5.03 Å². The van der Waals surface area contributed by atoms with Crippen LogP contribution in [0, 0.1) is 0 Å². The van der Waals surface area contributed by atoms with E-state index in [9.17, 15) is 22.6 Å². The molecule has 0 atom stereocenters. The van der Waals surface area contributed by atoms with Crippen molar-refractivity contribution in [3.63, 3.8) is 0 Å². The van der Waals surface area contributed by atoms with Crippen LogP contribution in [0.1, 0.15) is 32.7 Å². The highest BCUT2D eigenvalue weighted by Crippen LogP contribution is 2.38. The lowest BCUT2D eigenvalue weighted by atomic mass is 9.99. The van der Waals surface area contributed by atoms with E-state index in [4.69, 9.17) is 11.6 Å². The third kappa shape index (κ3) is 4.99. The molecule has 0 spiro atoms. The summed E-state index contributed by atoms with van der Waals surface area (Å²) in [5, 5.41) is 3.36. The fourth-order valence-electron chi connectivity index (χ4n) is 5.36. The Bertz CT molecular complexity index is 1940. The molecule has 206 valence electrons. The molecule has 0 aliphatic carbocycles. The van der Waals surface area contributed by atoms with Crippen LogP contribution in [0.3, 0.4) is 0 Å². The van der Waals surface area contributed by atoms with Gasteiger partial charge in [-0.05, 0) is 60.4 Å². The molecular formula is C31H24ClN3O5S. The van der Waals surface area contributed by atoms with E-state index in [2.05, 4.69) is 10.3 Å². The normalized spacial score (nSPS) is 13.2. The molecule has 6 rings (SSSR count). The third-order valence-corrected chi connectivity index (χ3v) is 8.36. The molecule has 5 aromatic rings. The average molecular weight is 586 g/mol. The number of hydrogen-bond donors (Lipinski definition) is 3. The maximum Gasteiger partial charge on any atom is 0.310 e. The number of anilines is 2. The summed E-state index contributed by atoms with van der Waals surface area (Å²) in [6, 6.07) is 26.8. The molecule has 8 nitrogen and oxygen atoms in total. The summed E-state index contributed by atoms with van der Waals surface area (Å²) in [5.41, 5.74) is 4.36. The number of H-pyrrole nitrogens is 1. The lowest BCUT2D eigenvalue weighted by molar-refractivity contribution is 0.0986. The Morgan fingerprint density at radius 1 is 0.902 bits per heavy atom. The van der Waals surface area contributed by atoms with Gasteiger partial charge in [0.25, 0.3) is 11.8 Å². The van der Waals surface area contributed by atoms with Crippen molar-refractivity contribution in [3.05, 3.63) is 113 Å². The molecule has 3 N–H and O–H groups in total. The van der Waals surface area contributed by atoms with Gasteiger partial charge in [0.1, 0.15) is 0 Å². The molecule has 4 aromatic carbocycles. The van der Waals surface area contributed by atoms with Crippen LogP contribution in [-0.2, 0) is 16.5 Å². The summed E-state index contributed by atoms with van der Waals surface area (Å²) in [5.74, 6) is -0.675. The van der Waals surface area contributed by atoms with E-state index in [0.717, 1.165) is 11.1 Å². The van der Waals surface area contributed by atoms with Crippen LogP contribution in [0.4, 0.5) is 11.4 Å². The van der Waals surface area contributed by atoms with Gasteiger partial charge in [0.05, 0.1) is 16.3 Å². The largest absolute Gasteiger partial charge is 0.343 e. The molecular weight excluding hydrogens is 562 g/mol. The lowest BCUT2D eigenvalue weighted by Crippen LogP contribution is -2.31. The molecule has 10 heteroatoms. The average Bonchev–Trinajstić information content (AvgIpc) is 3.24. The van der Waals surface area contributed by atoms with Crippen molar-refractivity contribution in [2.45, 2.75) is 17.9 Å². The Morgan fingerprint density at radius 2 is 1.66 bits per heavy atom. The van der Waals surface area contributed by atoms with E-state index in [1.807, 2.05) is 42.5 Å². The molecule has 0 bridgehead atoms. The maximum atomic E-state index is 13.8. The van der Waals surface area contributed by atoms with Crippen molar-refractivity contribution in [1.82, 2.24) is 4.98 Å². The highest BCUT2D eigenvalue weighted by molar-refractivity contribution is 7.85. The summed E-state index contributed by atoms with van der Waals surface area (Å²) >= 11 is 6.59. The summed E-state index contributed by atoms with van der Waals surface area (Å²) in [7, 11) is -4.47. The van der Waals surface area contributed by atoms with Crippen LogP contribution in [0.15, 0.2) is 96.0 Å². The fourth-order valence-corrected chi connectivity index (χ4v) is 6.38. The molecule has 0 unspecified atom stereocenters. The SMILES string of the molecule is O=C(Nc1ccc(C(=O)N2CCCc3c(S(=O)(=O)O)[nH]c4cccc2c34)c(Cl)c1)c1ccccc1-c1ccccc1. The Morgan fingerprint density at radius 3 is 2.41 bits per heavy atom. The van der Waals surface area contributed by atoms with Gasteiger partial charge in [-0.25, -0.2) is 0 Å². The first-order chi connectivity index (χ1) is 19.7. The molecule has 41 heavy (non-hydrogen) atoms. The van der Waals surface area contributed by atoms with Gasteiger partial charge in [0, 0.05) is 34.3 Å². The van der Waals surface area contributed by atoms with Gasteiger partial charge >= 0.3 is 10.1 Å². The van der Waals surface area contributed by atoms with Crippen LogP contribution >= 0.6 is 11.6 Å². The number of hydrogen-bond acceptors (Lipinski definition) is 4. The number of rotatable bonds is 5. The van der Waals surface area contributed by atoms with Crippen molar-refractivity contribution in [2.75, 3.05) is 16.8 Å². The van der Waals surface area contributed by atoms with E-state index in [-0.39, 0.29) is 27.4 Å². The number of halogens is 1. The van der Waals surface area contributed by atoms with E-state index >= 15 is 0 Å². The zero-order valence-corrected chi connectivity index (χ0v) is 23.2. The number of aryl methyl sites for hydroxylation is 1. The number of aromatic nitrogens is 1. The second-order valence-electron chi connectivity index (χ2n) is 9.73. The number of aromatic amines is 1. The first-order valence-corrected chi connectivity index (χ1v) is 14.7. The summed E-state index contributed by atoms with van der Waals surface area (Å²) in [6.07, 6.45) is 0.835. The Kier molecular flexibility index (Phi) is 6.86. The van der Waals surface area contributed by atoms with E-state index in [1.54, 1.807) is 47.4 Å². The summed E-state index contributed by atoms with van der Waals surface area (Å²) in [4.78, 5) is 31.3. The first kappa shape index (κ1) is 26.8. The molecule has 0 saturated heterocycles. The monoisotopic (exact) mass is 585 g/mol. The number of nitrogens with zero attached hydrogens (tertiary/aromatic N) is 1. The van der Waals surface area contributed by atoms with Gasteiger partial charge in [-0.3, -0.25) is 14.1 Å². The van der Waals surface area contributed by atoms with Crippen LogP contribution < -0.4 is 10.2 Å². The third-order valence-electron chi connectivity index (χ3n) is 7.18. The standard InChI is InChI=1S/C31H24ClN3O5S/c32-25-18-20(33-29(36)22-11-5-4-10-21(22)19-8-2-1-3-9-19)15-16-23(25)31(37)35-17-7-12-24-28-26(13-6-14-27(28)35)34-30(24)41(38,39)40/h1-6,8-11,13-16,18,34H,7,12,17H2,(H,33,36)(H,38,39,40). The number of benzene rings is 4. The zero-order chi connectivity index (χ0) is 28.7. The Balaban J connectivity index is 1.29. The quantitative estimate of drug-likeness (QED) is 0.201. The molecule has 2 amide bonds. The summed E-state index contributed by atoms with van der Waals surface area (Å²) in [6.45, 7) is 0.322. The number of carbonyl (C=O) groups is 2. The topological polar surface area (TPSA) is 120 Å². The second kappa shape index (κ2) is 10.5. The van der Waals surface area contributed by atoms with Crippen molar-refractivity contribution >= 4 is 55.8 Å². The molecule has 0 fully saturated rings. The smallest absolute Gasteiger partial charge is 0.310 e. The second-order valence-corrected chi connectivity index (χ2v) is 11.5. The first-order valence-electron chi connectivity index (χ1n) is 12.9. The van der Waals surface area contributed by atoms with Crippen LogP contribution in [0.2, 0.25) is 5.02 Å². The molecule has 1 aromatic heterocycles. The summed E-state index contributed by atoms with van der Waals surface area (Å²) < 4.78 is 33.7. The minimum atomic E-state index is -4.47. The van der Waals surface area contributed by atoms with Crippen molar-refractivity contribution in [3.8, 4) is 11.1 Å². The van der Waals surface area contributed by atoms with Crippen LogP contribution in [0.5, 0.6) is 0 Å². The number of carbonyl (C=O) groups excluding carboxylic acids is 2. The van der Waals surface area contributed by atoms with Gasteiger partial charge in [0.2, 0.25) is 0 Å². The Hall–Kier alpha value is -4.44. The van der Waals surface area contributed by atoms with E-state index < -0.39 is 10.1 Å². The molecule has 1 aliphatic heterocycles. The van der Waals surface area contributed by atoms with Crippen molar-refractivity contribution in [1.29, 1.82) is 0 Å². The number of amides is 2. The zero-order valence-electron chi connectivity index (χ0n) is 21.6. The highest BCUT2D eigenvalue weighted by Gasteiger charge is 2.30. The van der Waals surface area contributed by atoms with Gasteiger partial charge < -0.3 is 15.2 Å². The molecule has 2 heterocycles. The predicted octanol–water partition coefficient (Wildman–Crippen LogP) is 6.58. The molecule has 0 radical (unpaired) electrons. The Labute approximate surface area is 241 Å². The van der Waals surface area contributed by atoms with Crippen molar-refractivity contribution < 1.29 is 22.6 Å². The van der Waals surface area contributed by atoms with E-state index in [1.165, 1.54) is 6.07 Å². The lowest BCUT2D eigenvalue weighted by Gasteiger charge is -2.23. The molecule has 0 saturated carbocycles. The highest BCUT2D eigenvalue weighted by atomic mass is 35.5. The van der Waals surface area contributed by atoms with E-state index in [0.29, 0.717) is 52.8 Å². The predicted molar refractivity (Wildman–Crippen MR) is 159 cm³/mol. The van der Waals surface area contributed by atoms with Gasteiger partial charge in [-0.1, -0.05) is 66.2 Å². The molecule has 1 aliphatic rings. The van der Waals surface area contributed by atoms with Gasteiger partial charge in [-0.2, -0.15) is 8.42 Å². The fraction of sp³-hybridized carbons (Fsp3) is 0.0968. The van der Waals surface area contributed by atoms with Crippen LogP contribution in [-0.4, -0.2) is 36.3 Å². The van der Waals surface area contributed by atoms with Crippen molar-refractivity contribution in [2.24, 2.45) is 0 Å². The van der Waals surface area contributed by atoms with Crippen LogP contribution in [0.25, 0.3) is 22.0 Å². The maximum absolute atomic E-state index is 13.8. The number of nitrogens with one attached hydrogen (secondary N) is 2. The minimum Gasteiger partial charge on any atom is -0.343 e.